The SMILES string of the molecule is C/C(=N\NC(=O)c1ccccc1O)c1cc([N+](=O)[O-])cs1. The van der Waals surface area contributed by atoms with Gasteiger partial charge in [0, 0.05) is 6.07 Å². The first-order chi connectivity index (χ1) is 9.99. The molecule has 0 atom stereocenters. The predicted molar refractivity (Wildman–Crippen MR) is 78.8 cm³/mol. The van der Waals surface area contributed by atoms with Gasteiger partial charge in [-0.2, -0.15) is 5.10 Å². The molecule has 1 heterocycles. The largest absolute Gasteiger partial charge is 0.507 e. The molecular weight excluding hydrogens is 294 g/mol. The lowest BCUT2D eigenvalue weighted by molar-refractivity contribution is -0.384. The zero-order valence-corrected chi connectivity index (χ0v) is 11.8. The number of nitro groups is 1. The zero-order chi connectivity index (χ0) is 15.4. The first kappa shape index (κ1) is 14.7. The third kappa shape index (κ3) is 3.42. The van der Waals surface area contributed by atoms with Crippen LogP contribution in [0.1, 0.15) is 22.2 Å². The van der Waals surface area contributed by atoms with E-state index in [2.05, 4.69) is 10.5 Å². The molecule has 1 aromatic heterocycles. The fourth-order valence-electron chi connectivity index (χ4n) is 1.53. The van der Waals surface area contributed by atoms with E-state index in [0.717, 1.165) is 11.3 Å². The van der Waals surface area contributed by atoms with E-state index in [-0.39, 0.29) is 17.0 Å². The number of amides is 1. The summed E-state index contributed by atoms with van der Waals surface area (Å²) in [6, 6.07) is 7.47. The highest BCUT2D eigenvalue weighted by molar-refractivity contribution is 7.12. The second-order valence-corrected chi connectivity index (χ2v) is 4.99. The van der Waals surface area contributed by atoms with Gasteiger partial charge in [-0.05, 0) is 19.1 Å². The molecule has 0 unspecified atom stereocenters. The molecule has 0 spiro atoms. The number of hydrazone groups is 1. The number of nitrogens with zero attached hydrogens (tertiary/aromatic N) is 2. The molecule has 1 aromatic carbocycles. The number of phenolic OH excluding ortho intramolecular Hbond substituents is 1. The van der Waals surface area contributed by atoms with Gasteiger partial charge in [0.05, 0.1) is 26.5 Å². The van der Waals surface area contributed by atoms with E-state index in [9.17, 15) is 20.0 Å². The van der Waals surface area contributed by atoms with Crippen LogP contribution >= 0.6 is 11.3 Å². The summed E-state index contributed by atoms with van der Waals surface area (Å²) >= 11 is 1.16. The molecule has 1 amide bonds. The van der Waals surface area contributed by atoms with E-state index in [1.54, 1.807) is 19.1 Å². The highest BCUT2D eigenvalue weighted by atomic mass is 32.1. The summed E-state index contributed by atoms with van der Waals surface area (Å²) < 4.78 is 0. The highest BCUT2D eigenvalue weighted by Crippen LogP contribution is 2.22. The maximum Gasteiger partial charge on any atom is 0.280 e. The van der Waals surface area contributed by atoms with Gasteiger partial charge in [-0.1, -0.05) is 12.1 Å². The van der Waals surface area contributed by atoms with Crippen LogP contribution in [-0.4, -0.2) is 21.6 Å². The molecule has 2 N–H and O–H groups in total. The summed E-state index contributed by atoms with van der Waals surface area (Å²) in [6.45, 7) is 1.63. The molecule has 2 aromatic rings. The van der Waals surface area contributed by atoms with Crippen molar-refractivity contribution < 1.29 is 14.8 Å². The van der Waals surface area contributed by atoms with Gasteiger partial charge in [-0.15, -0.1) is 11.3 Å². The van der Waals surface area contributed by atoms with Crippen molar-refractivity contribution in [2.45, 2.75) is 6.92 Å². The normalized spacial score (nSPS) is 11.2. The Morgan fingerprint density at radius 3 is 2.76 bits per heavy atom. The number of aromatic hydroxyl groups is 1. The van der Waals surface area contributed by atoms with Gasteiger partial charge in [-0.3, -0.25) is 14.9 Å². The summed E-state index contributed by atoms with van der Waals surface area (Å²) in [5.41, 5.74) is 2.83. The monoisotopic (exact) mass is 305 g/mol. The minimum Gasteiger partial charge on any atom is -0.507 e. The molecule has 7 nitrogen and oxygen atoms in total. The fraction of sp³-hybridized carbons (Fsp3) is 0.0769. The van der Waals surface area contributed by atoms with Crippen molar-refractivity contribution in [3.63, 3.8) is 0 Å². The number of hydrogen-bond acceptors (Lipinski definition) is 6. The van der Waals surface area contributed by atoms with E-state index in [0.29, 0.717) is 10.6 Å². The number of thiophene rings is 1. The molecule has 108 valence electrons. The van der Waals surface area contributed by atoms with E-state index < -0.39 is 10.8 Å². The highest BCUT2D eigenvalue weighted by Gasteiger charge is 2.12. The van der Waals surface area contributed by atoms with Crippen molar-refractivity contribution in [2.24, 2.45) is 5.10 Å². The second kappa shape index (κ2) is 6.14. The van der Waals surface area contributed by atoms with Crippen LogP contribution in [0.3, 0.4) is 0 Å². The van der Waals surface area contributed by atoms with Gasteiger partial charge in [0.2, 0.25) is 0 Å². The van der Waals surface area contributed by atoms with Crippen molar-refractivity contribution in [2.75, 3.05) is 0 Å². The van der Waals surface area contributed by atoms with Crippen molar-refractivity contribution in [3.05, 3.63) is 56.3 Å². The van der Waals surface area contributed by atoms with Crippen LogP contribution in [0, 0.1) is 10.1 Å². The molecule has 0 aliphatic rings. The lowest BCUT2D eigenvalue weighted by atomic mass is 10.2. The Kier molecular flexibility index (Phi) is 4.29. The number of phenols is 1. The third-order valence-electron chi connectivity index (χ3n) is 2.63. The van der Waals surface area contributed by atoms with Crippen LogP contribution in [0.25, 0.3) is 0 Å². The van der Waals surface area contributed by atoms with E-state index in [1.807, 2.05) is 0 Å². The number of para-hydroxylation sites is 1. The Bertz CT molecular complexity index is 724. The van der Waals surface area contributed by atoms with Crippen molar-refractivity contribution in [1.29, 1.82) is 0 Å². The Morgan fingerprint density at radius 1 is 1.43 bits per heavy atom. The molecule has 8 heteroatoms. The number of benzene rings is 1. The number of rotatable bonds is 4. The summed E-state index contributed by atoms with van der Waals surface area (Å²) in [4.78, 5) is 22.5. The number of nitrogens with one attached hydrogen (secondary N) is 1. The smallest absolute Gasteiger partial charge is 0.280 e. The second-order valence-electron chi connectivity index (χ2n) is 4.08. The average molecular weight is 305 g/mol. The molecule has 0 aliphatic carbocycles. The van der Waals surface area contributed by atoms with Crippen LogP contribution in [0.15, 0.2) is 40.8 Å². The molecule has 21 heavy (non-hydrogen) atoms. The maximum atomic E-state index is 11.8. The quantitative estimate of drug-likeness (QED) is 0.514. The standard InChI is InChI=1S/C13H11N3O4S/c1-8(12-6-9(7-21-12)16(19)20)14-15-13(18)10-4-2-3-5-11(10)17/h2-7,17H,1H3,(H,15,18)/b14-8+. The Morgan fingerprint density at radius 2 is 2.14 bits per heavy atom. The first-order valence-corrected chi connectivity index (χ1v) is 6.73. The maximum absolute atomic E-state index is 11.8. The zero-order valence-electron chi connectivity index (χ0n) is 10.9. The van der Waals surface area contributed by atoms with E-state index in [4.69, 9.17) is 0 Å². The minimum atomic E-state index is -0.557. The van der Waals surface area contributed by atoms with Crippen LogP contribution in [0.4, 0.5) is 5.69 Å². The summed E-state index contributed by atoms with van der Waals surface area (Å²) in [7, 11) is 0. The van der Waals surface area contributed by atoms with E-state index in [1.165, 1.54) is 23.6 Å². The molecular formula is C13H11N3O4S. The van der Waals surface area contributed by atoms with Gasteiger partial charge in [0.1, 0.15) is 5.75 Å². The number of carbonyl (C=O) groups excluding carboxylic acids is 1. The van der Waals surface area contributed by atoms with Gasteiger partial charge in [-0.25, -0.2) is 5.43 Å². The van der Waals surface area contributed by atoms with Crippen LogP contribution < -0.4 is 5.43 Å². The van der Waals surface area contributed by atoms with Crippen molar-refractivity contribution >= 4 is 28.6 Å². The summed E-state index contributed by atoms with van der Waals surface area (Å²) in [5, 5.41) is 25.4. The molecule has 0 saturated carbocycles. The molecule has 0 aliphatic heterocycles. The van der Waals surface area contributed by atoms with Crippen LogP contribution in [0.5, 0.6) is 5.75 Å². The number of carbonyl (C=O) groups is 1. The van der Waals surface area contributed by atoms with Crippen molar-refractivity contribution in [3.8, 4) is 5.75 Å². The molecule has 0 radical (unpaired) electrons. The molecule has 0 fully saturated rings. The van der Waals surface area contributed by atoms with Gasteiger partial charge < -0.3 is 5.11 Å². The summed E-state index contributed by atoms with van der Waals surface area (Å²) in [6.07, 6.45) is 0. The predicted octanol–water partition coefficient (Wildman–Crippen LogP) is 2.52. The average Bonchev–Trinajstić information content (AvgIpc) is 2.95. The van der Waals surface area contributed by atoms with Gasteiger partial charge in [0.25, 0.3) is 11.6 Å². The first-order valence-electron chi connectivity index (χ1n) is 5.85. The van der Waals surface area contributed by atoms with E-state index >= 15 is 0 Å². The van der Waals surface area contributed by atoms with Gasteiger partial charge in [0.15, 0.2) is 0 Å². The van der Waals surface area contributed by atoms with Crippen LogP contribution in [-0.2, 0) is 0 Å². The minimum absolute atomic E-state index is 0.0171. The lowest BCUT2D eigenvalue weighted by Crippen LogP contribution is -2.19. The summed E-state index contributed by atoms with van der Waals surface area (Å²) in [5.74, 6) is -0.701. The molecule has 0 bridgehead atoms. The third-order valence-corrected chi connectivity index (χ3v) is 3.65. The van der Waals surface area contributed by atoms with Crippen molar-refractivity contribution in [1.82, 2.24) is 5.43 Å². The van der Waals surface area contributed by atoms with Gasteiger partial charge >= 0.3 is 0 Å². The molecule has 2 rings (SSSR count). The topological polar surface area (TPSA) is 105 Å². The Balaban J connectivity index is 2.11. The fourth-order valence-corrected chi connectivity index (χ4v) is 2.33. The number of hydrogen-bond donors (Lipinski definition) is 2. The van der Waals surface area contributed by atoms with Crippen LogP contribution in [0.2, 0.25) is 0 Å². The Hall–Kier alpha value is -2.74. The lowest BCUT2D eigenvalue weighted by Gasteiger charge is -2.03. The molecule has 0 saturated heterocycles. The Labute approximate surface area is 123 Å².